The van der Waals surface area contributed by atoms with E-state index < -0.39 is 29.7 Å². The maximum absolute atomic E-state index is 13.0. The van der Waals surface area contributed by atoms with E-state index in [4.69, 9.17) is 5.73 Å². The molecule has 0 saturated heterocycles. The molecular formula is C19H17F3N4O3. The fraction of sp³-hybridized carbons (Fsp3) is 0.211. The zero-order valence-electron chi connectivity index (χ0n) is 15.2. The lowest BCUT2D eigenvalue weighted by Gasteiger charge is -2.14. The van der Waals surface area contributed by atoms with E-state index in [0.717, 1.165) is 6.07 Å². The van der Waals surface area contributed by atoms with Crippen LogP contribution in [0.5, 0.6) is 0 Å². The Labute approximate surface area is 164 Å². The van der Waals surface area contributed by atoms with Crippen molar-refractivity contribution in [2.24, 2.45) is 5.73 Å². The molecule has 0 aliphatic carbocycles. The summed E-state index contributed by atoms with van der Waals surface area (Å²) in [5.41, 5.74) is 4.42. The lowest BCUT2D eigenvalue weighted by atomic mass is 10.1. The van der Waals surface area contributed by atoms with Crippen LogP contribution in [0.3, 0.4) is 0 Å². The van der Waals surface area contributed by atoms with Gasteiger partial charge < -0.3 is 11.1 Å². The average molecular weight is 406 g/mol. The number of nitrogens with zero attached hydrogens (tertiary/aromatic N) is 2. The number of primary amides is 1. The monoisotopic (exact) mass is 406 g/mol. The number of pyridine rings is 1. The number of hydrogen-bond donors (Lipinski definition) is 3. The van der Waals surface area contributed by atoms with Crippen molar-refractivity contribution in [1.82, 2.24) is 15.4 Å². The molecule has 7 nitrogen and oxygen atoms in total. The summed E-state index contributed by atoms with van der Waals surface area (Å²) in [6.45, 7) is 1.11. The summed E-state index contributed by atoms with van der Waals surface area (Å²) in [5, 5.41) is 12.0. The lowest BCUT2D eigenvalue weighted by molar-refractivity contribution is -0.138. The SMILES string of the molecule is CC(C#Cc1cncc(C(=O)NCc2ccccc2C(F)(F)F)c1)N(O)C(N)=O. The summed E-state index contributed by atoms with van der Waals surface area (Å²) in [4.78, 5) is 27.0. The normalized spacial score (nSPS) is 11.8. The van der Waals surface area contributed by atoms with E-state index in [-0.39, 0.29) is 22.7 Å². The Bertz CT molecular complexity index is 967. The quantitative estimate of drug-likeness (QED) is 0.412. The number of carbonyl (C=O) groups excluding carboxylic acids is 2. The maximum Gasteiger partial charge on any atom is 0.416 e. The highest BCUT2D eigenvalue weighted by atomic mass is 19.4. The number of carbonyl (C=O) groups is 2. The highest BCUT2D eigenvalue weighted by Crippen LogP contribution is 2.31. The topological polar surface area (TPSA) is 109 Å². The predicted octanol–water partition coefficient (Wildman–Crippen LogP) is 2.54. The van der Waals surface area contributed by atoms with Gasteiger partial charge in [-0.15, -0.1) is 0 Å². The first kappa shape index (κ1) is 21.7. The average Bonchev–Trinajstić information content (AvgIpc) is 2.69. The minimum absolute atomic E-state index is 0.0689. The van der Waals surface area contributed by atoms with Crippen LogP contribution in [0.2, 0.25) is 0 Å². The van der Waals surface area contributed by atoms with Crippen LogP contribution in [0.1, 0.15) is 34.0 Å². The van der Waals surface area contributed by atoms with Gasteiger partial charge in [0, 0.05) is 24.5 Å². The third-order valence-corrected chi connectivity index (χ3v) is 3.78. The van der Waals surface area contributed by atoms with Gasteiger partial charge in [0.25, 0.3) is 5.91 Å². The zero-order valence-corrected chi connectivity index (χ0v) is 15.2. The fourth-order valence-electron chi connectivity index (χ4n) is 2.30. The fourth-order valence-corrected chi connectivity index (χ4v) is 2.30. The van der Waals surface area contributed by atoms with E-state index in [1.165, 1.54) is 43.6 Å². The molecule has 2 aromatic rings. The van der Waals surface area contributed by atoms with Crippen molar-refractivity contribution < 1.29 is 28.0 Å². The van der Waals surface area contributed by atoms with Gasteiger partial charge in [0.15, 0.2) is 0 Å². The molecule has 29 heavy (non-hydrogen) atoms. The molecule has 0 bridgehead atoms. The Hall–Kier alpha value is -3.58. The largest absolute Gasteiger partial charge is 0.416 e. The Morgan fingerprint density at radius 1 is 1.31 bits per heavy atom. The third kappa shape index (κ3) is 5.95. The highest BCUT2D eigenvalue weighted by molar-refractivity contribution is 5.94. The van der Waals surface area contributed by atoms with Gasteiger partial charge in [-0.05, 0) is 24.6 Å². The van der Waals surface area contributed by atoms with Crippen molar-refractivity contribution in [2.75, 3.05) is 0 Å². The van der Waals surface area contributed by atoms with Crippen molar-refractivity contribution in [2.45, 2.75) is 25.7 Å². The number of rotatable bonds is 4. The van der Waals surface area contributed by atoms with Crippen molar-refractivity contribution in [3.05, 3.63) is 65.0 Å². The van der Waals surface area contributed by atoms with Crippen molar-refractivity contribution in [3.63, 3.8) is 0 Å². The predicted molar refractivity (Wildman–Crippen MR) is 96.4 cm³/mol. The number of benzene rings is 1. The van der Waals surface area contributed by atoms with Gasteiger partial charge in [-0.3, -0.25) is 15.0 Å². The molecular weight excluding hydrogens is 389 g/mol. The van der Waals surface area contributed by atoms with Crippen molar-refractivity contribution >= 4 is 11.9 Å². The van der Waals surface area contributed by atoms with Crippen LogP contribution in [0.25, 0.3) is 0 Å². The van der Waals surface area contributed by atoms with Crippen molar-refractivity contribution in [3.8, 4) is 11.8 Å². The van der Waals surface area contributed by atoms with Crippen LogP contribution >= 0.6 is 0 Å². The van der Waals surface area contributed by atoms with Crippen LogP contribution in [0.15, 0.2) is 42.7 Å². The van der Waals surface area contributed by atoms with Gasteiger partial charge in [-0.1, -0.05) is 30.0 Å². The number of aromatic nitrogens is 1. The minimum Gasteiger partial charge on any atom is -0.350 e. The second kappa shape index (κ2) is 9.07. The van der Waals surface area contributed by atoms with Crippen LogP contribution in [-0.2, 0) is 12.7 Å². The molecule has 1 unspecified atom stereocenters. The number of alkyl halides is 3. The Morgan fingerprint density at radius 3 is 2.66 bits per heavy atom. The zero-order chi connectivity index (χ0) is 21.6. The van der Waals surface area contributed by atoms with Crippen molar-refractivity contribution in [1.29, 1.82) is 0 Å². The van der Waals surface area contributed by atoms with E-state index in [9.17, 15) is 28.0 Å². The van der Waals surface area contributed by atoms with Crippen LogP contribution in [-0.4, -0.2) is 33.2 Å². The Kier molecular flexibility index (Phi) is 6.80. The van der Waals surface area contributed by atoms with Gasteiger partial charge in [0.1, 0.15) is 6.04 Å². The second-order valence-electron chi connectivity index (χ2n) is 5.93. The molecule has 0 spiro atoms. The molecule has 152 valence electrons. The molecule has 0 radical (unpaired) electrons. The minimum atomic E-state index is -4.53. The molecule has 10 heteroatoms. The summed E-state index contributed by atoms with van der Waals surface area (Å²) in [5.74, 6) is 4.55. The molecule has 1 atom stereocenters. The number of nitrogens with two attached hydrogens (primary N) is 1. The van der Waals surface area contributed by atoms with Gasteiger partial charge in [-0.2, -0.15) is 18.2 Å². The molecule has 4 N–H and O–H groups in total. The Morgan fingerprint density at radius 2 is 2.00 bits per heavy atom. The lowest BCUT2D eigenvalue weighted by Crippen LogP contribution is -2.38. The molecule has 0 aliphatic heterocycles. The number of halogens is 3. The molecule has 3 amide bonds. The van der Waals surface area contributed by atoms with Crippen LogP contribution in [0, 0.1) is 11.8 Å². The number of urea groups is 1. The number of hydrogen-bond acceptors (Lipinski definition) is 4. The highest BCUT2D eigenvalue weighted by Gasteiger charge is 2.32. The molecule has 1 aromatic carbocycles. The Balaban J connectivity index is 2.11. The number of amides is 3. The van der Waals surface area contributed by atoms with Crippen LogP contribution in [0.4, 0.5) is 18.0 Å². The first-order chi connectivity index (χ1) is 13.6. The molecule has 0 fully saturated rings. The van der Waals surface area contributed by atoms with E-state index in [2.05, 4.69) is 22.1 Å². The van der Waals surface area contributed by atoms with Crippen LogP contribution < -0.4 is 11.1 Å². The molecule has 1 heterocycles. The van der Waals surface area contributed by atoms with E-state index in [1.807, 2.05) is 0 Å². The molecule has 2 rings (SSSR count). The van der Waals surface area contributed by atoms with Gasteiger partial charge in [0.05, 0.1) is 11.1 Å². The summed E-state index contributed by atoms with van der Waals surface area (Å²) in [7, 11) is 0. The van der Waals surface area contributed by atoms with E-state index in [1.54, 1.807) is 0 Å². The maximum atomic E-state index is 13.0. The first-order valence-electron chi connectivity index (χ1n) is 8.27. The van der Waals surface area contributed by atoms with Gasteiger partial charge in [0.2, 0.25) is 0 Å². The van der Waals surface area contributed by atoms with Gasteiger partial charge >= 0.3 is 12.2 Å². The molecule has 0 saturated carbocycles. The summed E-state index contributed by atoms with van der Waals surface area (Å²) < 4.78 is 39.1. The third-order valence-electron chi connectivity index (χ3n) is 3.78. The standard InChI is InChI=1S/C19H17F3N4O3/c1-12(26(29)18(23)28)6-7-13-8-15(10-24-9-13)17(27)25-11-14-4-2-3-5-16(14)19(20,21)22/h2-5,8-10,12,29H,11H2,1H3,(H2,23,28)(H,25,27). The molecule has 0 aliphatic rings. The summed E-state index contributed by atoms with van der Waals surface area (Å²) >= 11 is 0. The van der Waals surface area contributed by atoms with E-state index >= 15 is 0 Å². The first-order valence-corrected chi connectivity index (χ1v) is 8.27. The molecule has 1 aromatic heterocycles. The number of nitrogens with one attached hydrogen (secondary N) is 1. The summed E-state index contributed by atoms with van der Waals surface area (Å²) in [6.07, 6.45) is -1.94. The smallest absolute Gasteiger partial charge is 0.350 e. The summed E-state index contributed by atoms with van der Waals surface area (Å²) in [6, 6.07) is 4.35. The number of hydroxylamine groups is 2. The van der Waals surface area contributed by atoms with Gasteiger partial charge in [-0.25, -0.2) is 4.79 Å². The van der Waals surface area contributed by atoms with E-state index in [0.29, 0.717) is 5.56 Å². The second-order valence-corrected chi connectivity index (χ2v) is 5.93.